The molecule has 8 rings (SSSR count). The first-order chi connectivity index (χ1) is 21.1. The van der Waals surface area contributed by atoms with Crippen molar-refractivity contribution in [2.24, 2.45) is 0 Å². The maximum absolute atomic E-state index is 2.53. The van der Waals surface area contributed by atoms with E-state index in [-0.39, 0.29) is 10.8 Å². The summed E-state index contributed by atoms with van der Waals surface area (Å²) in [6.45, 7) is 16.2. The molecular formula is C43H39N. The van der Waals surface area contributed by atoms with Crippen LogP contribution in [0.1, 0.15) is 66.6 Å². The minimum atomic E-state index is -0.151. The lowest BCUT2D eigenvalue weighted by atomic mass is 9.79. The Balaban J connectivity index is 1.43. The van der Waals surface area contributed by atoms with Crippen LogP contribution in [0.3, 0.4) is 0 Å². The predicted octanol–water partition coefficient (Wildman–Crippen LogP) is 11.8. The van der Waals surface area contributed by atoms with Crippen molar-refractivity contribution in [3.63, 3.8) is 0 Å². The Kier molecular flexibility index (Phi) is 5.63. The van der Waals surface area contributed by atoms with Crippen LogP contribution in [0.25, 0.3) is 33.0 Å². The first-order valence-electron chi connectivity index (χ1n) is 15.9. The average Bonchev–Trinajstić information content (AvgIpc) is 3.36. The van der Waals surface area contributed by atoms with E-state index in [0.717, 1.165) is 0 Å². The first-order valence-corrected chi connectivity index (χ1v) is 15.9. The second kappa shape index (κ2) is 9.19. The van der Waals surface area contributed by atoms with Gasteiger partial charge in [-0.2, -0.15) is 0 Å². The highest BCUT2D eigenvalue weighted by molar-refractivity contribution is 6.10. The topological polar surface area (TPSA) is 3.24 Å². The Morgan fingerprint density at radius 1 is 0.432 bits per heavy atom. The largest absolute Gasteiger partial charge is 0.310 e. The summed E-state index contributed by atoms with van der Waals surface area (Å²) in [5, 5.41) is 2.60. The fourth-order valence-corrected chi connectivity index (χ4v) is 8.14. The number of rotatable bonds is 3. The Morgan fingerprint density at radius 2 is 1.02 bits per heavy atom. The monoisotopic (exact) mass is 569 g/mol. The van der Waals surface area contributed by atoms with E-state index in [1.165, 1.54) is 89.0 Å². The van der Waals surface area contributed by atoms with Gasteiger partial charge in [0.05, 0.1) is 5.69 Å². The van der Waals surface area contributed by atoms with Crippen molar-refractivity contribution < 1.29 is 0 Å². The lowest BCUT2D eigenvalue weighted by Gasteiger charge is -2.30. The minimum Gasteiger partial charge on any atom is -0.310 e. The van der Waals surface area contributed by atoms with Crippen LogP contribution in [-0.4, -0.2) is 0 Å². The van der Waals surface area contributed by atoms with Crippen LogP contribution in [0.2, 0.25) is 0 Å². The van der Waals surface area contributed by atoms with Crippen LogP contribution in [-0.2, 0) is 10.8 Å². The molecule has 1 heteroatoms. The third-order valence-corrected chi connectivity index (χ3v) is 10.4. The van der Waals surface area contributed by atoms with E-state index in [4.69, 9.17) is 0 Å². The number of nitrogens with zero attached hydrogens (tertiary/aromatic N) is 1. The highest BCUT2D eigenvalue weighted by atomic mass is 15.1. The molecule has 0 bridgehead atoms. The summed E-state index contributed by atoms with van der Waals surface area (Å²) in [6, 6.07) is 41.5. The Hall–Kier alpha value is -4.62. The maximum atomic E-state index is 2.53. The molecule has 0 atom stereocenters. The summed E-state index contributed by atoms with van der Waals surface area (Å²) in [7, 11) is 0. The van der Waals surface area contributed by atoms with Gasteiger partial charge < -0.3 is 4.90 Å². The molecule has 0 N–H and O–H groups in total. The normalized spacial score (nSPS) is 15.1. The number of benzene rings is 6. The van der Waals surface area contributed by atoms with Crippen molar-refractivity contribution in [2.45, 2.75) is 59.3 Å². The molecule has 0 amide bonds. The van der Waals surface area contributed by atoms with Crippen LogP contribution in [0.15, 0.2) is 109 Å². The summed E-state index contributed by atoms with van der Waals surface area (Å²) in [5.41, 5.74) is 18.5. The molecule has 2 aliphatic carbocycles. The van der Waals surface area contributed by atoms with Gasteiger partial charge in [-0.05, 0) is 124 Å². The number of fused-ring (bicyclic) bond motifs is 8. The van der Waals surface area contributed by atoms with E-state index < -0.39 is 0 Å². The summed E-state index contributed by atoms with van der Waals surface area (Å²) in [5.74, 6) is 0. The fourth-order valence-electron chi connectivity index (χ4n) is 8.14. The highest BCUT2D eigenvalue weighted by Crippen LogP contribution is 2.58. The van der Waals surface area contributed by atoms with Gasteiger partial charge in [0.15, 0.2) is 0 Å². The van der Waals surface area contributed by atoms with Crippen molar-refractivity contribution in [1.82, 2.24) is 0 Å². The molecule has 0 saturated heterocycles. The molecule has 0 unspecified atom stereocenters. The lowest BCUT2D eigenvalue weighted by Crippen LogP contribution is -2.18. The van der Waals surface area contributed by atoms with Crippen LogP contribution in [0, 0.1) is 20.8 Å². The second-order valence-corrected chi connectivity index (χ2v) is 14.1. The Labute approximate surface area is 261 Å². The predicted molar refractivity (Wildman–Crippen MR) is 188 cm³/mol. The average molecular weight is 570 g/mol. The zero-order chi connectivity index (χ0) is 30.5. The van der Waals surface area contributed by atoms with Crippen LogP contribution in [0.4, 0.5) is 17.1 Å². The van der Waals surface area contributed by atoms with Crippen molar-refractivity contribution in [3.05, 3.63) is 148 Å². The molecule has 6 aromatic rings. The van der Waals surface area contributed by atoms with E-state index in [1.807, 2.05) is 0 Å². The molecule has 6 aromatic carbocycles. The quantitative estimate of drug-likeness (QED) is 0.205. The third-order valence-electron chi connectivity index (χ3n) is 10.4. The SMILES string of the molecule is Cc1ccc(N(c2cc(C)cc(C)c2)c2cc3c(c4ccccc24)-c2cc4c(cc2C3(C)C)-c2ccccc2C4(C)C)cc1. The summed E-state index contributed by atoms with van der Waals surface area (Å²) in [6.07, 6.45) is 0. The lowest BCUT2D eigenvalue weighted by molar-refractivity contribution is 0.652. The maximum Gasteiger partial charge on any atom is 0.0543 e. The molecule has 0 saturated carbocycles. The van der Waals surface area contributed by atoms with Gasteiger partial charge in [0.2, 0.25) is 0 Å². The standard InChI is InChI=1S/C43H39N/c1-26-16-18-29(19-17-26)44(30-21-27(2)20-28(3)22-30)40-25-39-41(33-14-9-8-13-32(33)40)35-24-37-34(23-38(35)43(39,6)7)31-12-10-11-15-36(31)42(37,4)5/h8-25H,1-7H3. The molecule has 216 valence electrons. The smallest absolute Gasteiger partial charge is 0.0543 e. The van der Waals surface area contributed by atoms with Gasteiger partial charge in [-0.3, -0.25) is 0 Å². The van der Waals surface area contributed by atoms with E-state index in [2.05, 4.69) is 163 Å². The van der Waals surface area contributed by atoms with Crippen molar-refractivity contribution in [2.75, 3.05) is 4.90 Å². The number of aryl methyl sites for hydroxylation is 3. The number of anilines is 3. The van der Waals surface area contributed by atoms with Gasteiger partial charge in [-0.1, -0.05) is 100.0 Å². The molecule has 0 radical (unpaired) electrons. The van der Waals surface area contributed by atoms with Gasteiger partial charge in [-0.15, -0.1) is 0 Å². The number of hydrogen-bond donors (Lipinski definition) is 0. The second-order valence-electron chi connectivity index (χ2n) is 14.1. The molecule has 0 heterocycles. The van der Waals surface area contributed by atoms with Gasteiger partial charge in [0.1, 0.15) is 0 Å². The van der Waals surface area contributed by atoms with Gasteiger partial charge in [0.25, 0.3) is 0 Å². The van der Waals surface area contributed by atoms with Crippen molar-refractivity contribution in [3.8, 4) is 22.3 Å². The molecule has 0 aromatic heterocycles. The van der Waals surface area contributed by atoms with Gasteiger partial charge in [0, 0.05) is 27.6 Å². The van der Waals surface area contributed by atoms with E-state index in [0.29, 0.717) is 0 Å². The third kappa shape index (κ3) is 3.72. The molecule has 1 nitrogen and oxygen atoms in total. The summed E-state index contributed by atoms with van der Waals surface area (Å²) < 4.78 is 0. The van der Waals surface area contributed by atoms with E-state index >= 15 is 0 Å². The van der Waals surface area contributed by atoms with Crippen molar-refractivity contribution in [1.29, 1.82) is 0 Å². The zero-order valence-electron chi connectivity index (χ0n) is 26.8. The summed E-state index contributed by atoms with van der Waals surface area (Å²) in [4.78, 5) is 2.47. The van der Waals surface area contributed by atoms with Gasteiger partial charge in [-0.25, -0.2) is 0 Å². The molecule has 44 heavy (non-hydrogen) atoms. The molecular weight excluding hydrogens is 530 g/mol. The molecule has 2 aliphatic rings. The fraction of sp³-hybridized carbons (Fsp3) is 0.209. The molecule has 0 fully saturated rings. The molecule has 0 aliphatic heterocycles. The number of hydrogen-bond acceptors (Lipinski definition) is 1. The summed E-state index contributed by atoms with van der Waals surface area (Å²) >= 11 is 0. The van der Waals surface area contributed by atoms with Crippen LogP contribution < -0.4 is 4.90 Å². The van der Waals surface area contributed by atoms with Crippen molar-refractivity contribution >= 4 is 27.8 Å². The first kappa shape index (κ1) is 27.0. The van der Waals surface area contributed by atoms with E-state index in [9.17, 15) is 0 Å². The van der Waals surface area contributed by atoms with Crippen LogP contribution in [0.5, 0.6) is 0 Å². The molecule has 0 spiro atoms. The highest BCUT2D eigenvalue weighted by Gasteiger charge is 2.42. The van der Waals surface area contributed by atoms with Gasteiger partial charge >= 0.3 is 0 Å². The Bertz CT molecular complexity index is 2120. The zero-order valence-corrected chi connectivity index (χ0v) is 26.8. The van der Waals surface area contributed by atoms with E-state index in [1.54, 1.807) is 0 Å². The van der Waals surface area contributed by atoms with Crippen LogP contribution >= 0.6 is 0 Å². The minimum absolute atomic E-state index is 0.0329. The Morgan fingerprint density at radius 3 is 1.75 bits per heavy atom.